The second-order valence-corrected chi connectivity index (χ2v) is 12.0. The summed E-state index contributed by atoms with van der Waals surface area (Å²) >= 11 is 7.02. The molecule has 0 saturated carbocycles. The van der Waals surface area contributed by atoms with Gasteiger partial charge in [0.25, 0.3) is 11.5 Å². The first kappa shape index (κ1) is 32.2. The van der Waals surface area contributed by atoms with Gasteiger partial charge in [-0.1, -0.05) is 72.3 Å². The number of thiazole rings is 1. The Morgan fingerprint density at radius 3 is 2.40 bits per heavy atom. The van der Waals surface area contributed by atoms with Gasteiger partial charge in [0, 0.05) is 28.0 Å². The van der Waals surface area contributed by atoms with Crippen LogP contribution in [0.25, 0.3) is 34.3 Å². The van der Waals surface area contributed by atoms with Gasteiger partial charge in [-0.15, -0.1) is 11.3 Å². The standard InChI is InChI=1S/C36H23ClF3N5O2S/c1-22-10-5-7-16-29(22)42-33(46)27(20-41)35-45(30-17-8-6-15-28(30)36(38,39)40)34(47)31(48-35)19-24-21-44(26-13-3-2-4-14-26)43-32(24)23-11-9-12-25(37)18-23/h2-19,21H,1H3,(H,42,46)/b31-19-,35-27+. The fourth-order valence-electron chi connectivity index (χ4n) is 5.08. The highest BCUT2D eigenvalue weighted by molar-refractivity contribution is 7.07. The highest BCUT2D eigenvalue weighted by atomic mass is 35.5. The number of halogens is 4. The third kappa shape index (κ3) is 6.44. The summed E-state index contributed by atoms with van der Waals surface area (Å²) in [5.74, 6) is -0.880. The maximum absolute atomic E-state index is 14.3. The highest BCUT2D eigenvalue weighted by Crippen LogP contribution is 2.33. The predicted molar refractivity (Wildman–Crippen MR) is 181 cm³/mol. The Kier molecular flexibility index (Phi) is 8.86. The second kappa shape index (κ2) is 13.2. The van der Waals surface area contributed by atoms with Gasteiger partial charge in [-0.2, -0.15) is 23.5 Å². The van der Waals surface area contributed by atoms with Crippen molar-refractivity contribution in [3.05, 3.63) is 151 Å². The fraction of sp³-hybridized carbons (Fsp3) is 0.0556. The molecule has 0 atom stereocenters. The number of anilines is 1. The Balaban J connectivity index is 1.65. The molecule has 12 heteroatoms. The van der Waals surface area contributed by atoms with E-state index in [2.05, 4.69) is 5.32 Å². The Bertz CT molecular complexity index is 2410. The molecule has 4 aromatic carbocycles. The number of nitriles is 1. The lowest BCUT2D eigenvalue weighted by Gasteiger charge is -2.13. The molecule has 1 amide bonds. The number of aryl methyl sites for hydroxylation is 1. The lowest BCUT2D eigenvalue weighted by atomic mass is 10.1. The van der Waals surface area contributed by atoms with Crippen LogP contribution < -0.4 is 20.1 Å². The summed E-state index contributed by atoms with van der Waals surface area (Å²) in [6.45, 7) is 1.75. The SMILES string of the molecule is Cc1ccccc1NC(=O)/C(C#N)=c1/s/c(=C\c2cn(-c3ccccc3)nc2-c2cccc(Cl)c2)c(=O)n1-c1ccccc1C(F)(F)F. The molecule has 0 fully saturated rings. The quantitative estimate of drug-likeness (QED) is 0.208. The molecular weight excluding hydrogens is 659 g/mol. The summed E-state index contributed by atoms with van der Waals surface area (Å²) in [7, 11) is 0. The van der Waals surface area contributed by atoms with Gasteiger partial charge in [-0.25, -0.2) is 4.68 Å². The maximum Gasteiger partial charge on any atom is 0.418 e. The molecule has 0 unspecified atom stereocenters. The number of hydrogen-bond acceptors (Lipinski definition) is 5. The van der Waals surface area contributed by atoms with Gasteiger partial charge in [0.05, 0.1) is 21.5 Å². The summed E-state index contributed by atoms with van der Waals surface area (Å²) in [5, 5.41) is 18.1. The van der Waals surface area contributed by atoms with Crippen molar-refractivity contribution in [2.75, 3.05) is 5.32 Å². The van der Waals surface area contributed by atoms with E-state index in [-0.39, 0.29) is 9.20 Å². The van der Waals surface area contributed by atoms with Crippen LogP contribution in [-0.4, -0.2) is 20.3 Å². The zero-order valence-electron chi connectivity index (χ0n) is 25.0. The normalized spacial score (nSPS) is 12.5. The van der Waals surface area contributed by atoms with E-state index in [0.717, 1.165) is 33.7 Å². The van der Waals surface area contributed by atoms with Gasteiger partial charge < -0.3 is 5.32 Å². The Labute approximate surface area is 280 Å². The lowest BCUT2D eigenvalue weighted by Crippen LogP contribution is -2.33. The van der Waals surface area contributed by atoms with E-state index in [1.54, 1.807) is 66.3 Å². The second-order valence-electron chi connectivity index (χ2n) is 10.6. The van der Waals surface area contributed by atoms with E-state index in [4.69, 9.17) is 16.7 Å². The van der Waals surface area contributed by atoms with E-state index in [0.29, 0.717) is 33.1 Å². The van der Waals surface area contributed by atoms with Gasteiger partial charge >= 0.3 is 6.18 Å². The van der Waals surface area contributed by atoms with Crippen LogP contribution in [0.15, 0.2) is 114 Å². The molecule has 0 aliphatic rings. The van der Waals surface area contributed by atoms with Crippen molar-refractivity contribution in [3.8, 4) is 28.7 Å². The van der Waals surface area contributed by atoms with Gasteiger partial charge in [0.15, 0.2) is 5.57 Å². The van der Waals surface area contributed by atoms with Gasteiger partial charge in [-0.3, -0.25) is 14.2 Å². The average molecular weight is 682 g/mol. The van der Waals surface area contributed by atoms with Crippen molar-refractivity contribution in [1.29, 1.82) is 5.26 Å². The minimum absolute atomic E-state index is 0.0330. The molecule has 6 aromatic rings. The molecule has 0 aliphatic heterocycles. The Hall–Kier alpha value is -5.70. The molecule has 2 heterocycles. The molecule has 7 nitrogen and oxygen atoms in total. The van der Waals surface area contributed by atoms with Crippen LogP contribution in [0, 0.1) is 18.3 Å². The monoisotopic (exact) mass is 681 g/mol. The van der Waals surface area contributed by atoms with Gasteiger partial charge in [0.1, 0.15) is 16.4 Å². The largest absolute Gasteiger partial charge is 0.418 e. The molecule has 48 heavy (non-hydrogen) atoms. The van der Waals surface area contributed by atoms with Crippen molar-refractivity contribution in [2.45, 2.75) is 13.1 Å². The Morgan fingerprint density at radius 1 is 0.979 bits per heavy atom. The molecule has 0 saturated heterocycles. The van der Waals surface area contributed by atoms with Crippen LogP contribution in [0.1, 0.15) is 16.7 Å². The van der Waals surface area contributed by atoms with E-state index < -0.39 is 34.5 Å². The number of nitrogens with one attached hydrogen (secondary N) is 1. The summed E-state index contributed by atoms with van der Waals surface area (Å²) in [6, 6.07) is 29.3. The van der Waals surface area contributed by atoms with Crippen LogP contribution in [0.2, 0.25) is 5.02 Å². The molecule has 2 aromatic heterocycles. The first-order valence-corrected chi connectivity index (χ1v) is 15.6. The first-order valence-electron chi connectivity index (χ1n) is 14.4. The molecule has 0 bridgehead atoms. The van der Waals surface area contributed by atoms with Gasteiger partial charge in [0.2, 0.25) is 0 Å². The molecule has 0 radical (unpaired) electrons. The minimum Gasteiger partial charge on any atom is -0.321 e. The molecule has 6 rings (SSSR count). The smallest absolute Gasteiger partial charge is 0.321 e. The van der Waals surface area contributed by atoms with Crippen molar-refractivity contribution in [1.82, 2.24) is 14.3 Å². The van der Waals surface area contributed by atoms with Crippen molar-refractivity contribution in [2.24, 2.45) is 0 Å². The fourth-order valence-corrected chi connectivity index (χ4v) is 6.35. The Morgan fingerprint density at radius 2 is 1.69 bits per heavy atom. The van der Waals surface area contributed by atoms with Crippen LogP contribution >= 0.6 is 22.9 Å². The summed E-state index contributed by atoms with van der Waals surface area (Å²) < 4.78 is 44.9. The number of aromatic nitrogens is 3. The van der Waals surface area contributed by atoms with Crippen molar-refractivity contribution >= 4 is 46.2 Å². The van der Waals surface area contributed by atoms with Crippen LogP contribution in [-0.2, 0) is 11.0 Å². The number of benzene rings is 4. The molecule has 1 N–H and O–H groups in total. The summed E-state index contributed by atoms with van der Waals surface area (Å²) in [5.41, 5.74) is 0.333. The number of hydrogen-bond donors (Lipinski definition) is 1. The van der Waals surface area contributed by atoms with E-state index in [1.165, 1.54) is 18.2 Å². The maximum atomic E-state index is 14.3. The molecule has 238 valence electrons. The summed E-state index contributed by atoms with van der Waals surface area (Å²) in [4.78, 5) is 27.7. The predicted octanol–water partition coefficient (Wildman–Crippen LogP) is 6.87. The minimum atomic E-state index is -4.84. The van der Waals surface area contributed by atoms with Crippen LogP contribution in [0.3, 0.4) is 0 Å². The number of alkyl halides is 3. The average Bonchev–Trinajstić information content (AvgIpc) is 3.63. The van der Waals surface area contributed by atoms with Gasteiger partial charge in [-0.05, 0) is 61.0 Å². The topological polar surface area (TPSA) is 92.7 Å². The van der Waals surface area contributed by atoms with Crippen LogP contribution in [0.4, 0.5) is 18.9 Å². The van der Waals surface area contributed by atoms with Crippen molar-refractivity contribution in [3.63, 3.8) is 0 Å². The third-order valence-corrected chi connectivity index (χ3v) is 8.70. The number of carbonyl (C=O) groups excluding carboxylic acids is 1. The number of carbonyl (C=O) groups is 1. The van der Waals surface area contributed by atoms with E-state index >= 15 is 0 Å². The third-order valence-electron chi connectivity index (χ3n) is 7.37. The number of nitrogens with zero attached hydrogens (tertiary/aromatic N) is 4. The molecular formula is C36H23ClF3N5O2S. The van der Waals surface area contributed by atoms with Crippen molar-refractivity contribution < 1.29 is 18.0 Å². The zero-order valence-corrected chi connectivity index (χ0v) is 26.6. The summed E-state index contributed by atoms with van der Waals surface area (Å²) in [6.07, 6.45) is -1.68. The zero-order chi connectivity index (χ0) is 34.0. The molecule has 0 aliphatic carbocycles. The molecule has 0 spiro atoms. The van der Waals surface area contributed by atoms with E-state index in [1.807, 2.05) is 36.4 Å². The number of amides is 1. The van der Waals surface area contributed by atoms with Crippen LogP contribution in [0.5, 0.6) is 0 Å². The lowest BCUT2D eigenvalue weighted by molar-refractivity contribution is -0.137. The number of rotatable bonds is 6. The van der Waals surface area contributed by atoms with E-state index in [9.17, 15) is 28.0 Å². The first-order chi connectivity index (χ1) is 23.0. The number of para-hydroxylation sites is 3. The highest BCUT2D eigenvalue weighted by Gasteiger charge is 2.34.